The highest BCUT2D eigenvalue weighted by molar-refractivity contribution is 6.33. The highest BCUT2D eigenvalue weighted by Gasteiger charge is 2.22. The first-order valence-corrected chi connectivity index (χ1v) is 7.63. The number of rotatable bonds is 4. The maximum Gasteiger partial charge on any atom is 0.253 e. The zero-order valence-electron chi connectivity index (χ0n) is 12.1. The topological polar surface area (TPSA) is 54.0 Å². The molecule has 5 heteroatoms. The summed E-state index contributed by atoms with van der Waals surface area (Å²) in [6, 6.07) is 1.87. The second-order valence-corrected chi connectivity index (χ2v) is 5.87. The number of hydrogen-bond donors (Lipinski definition) is 2. The molecule has 20 heavy (non-hydrogen) atoms. The number of aromatic nitrogens is 1. The zero-order chi connectivity index (χ0) is 14.5. The van der Waals surface area contributed by atoms with Gasteiger partial charge < -0.3 is 10.6 Å². The molecule has 2 N–H and O–H groups in total. The molecule has 0 spiro atoms. The molecule has 1 aliphatic rings. The summed E-state index contributed by atoms with van der Waals surface area (Å²) in [4.78, 5) is 16.4. The first-order valence-electron chi connectivity index (χ1n) is 7.26. The molecule has 110 valence electrons. The van der Waals surface area contributed by atoms with Crippen molar-refractivity contribution < 1.29 is 4.79 Å². The van der Waals surface area contributed by atoms with Gasteiger partial charge in [-0.15, -0.1) is 0 Å². The van der Waals surface area contributed by atoms with Gasteiger partial charge in [0.25, 0.3) is 5.91 Å². The summed E-state index contributed by atoms with van der Waals surface area (Å²) in [5, 5.41) is 6.38. The average molecular weight is 296 g/mol. The van der Waals surface area contributed by atoms with Crippen LogP contribution in [0.15, 0.2) is 12.3 Å². The van der Waals surface area contributed by atoms with Crippen LogP contribution in [0.3, 0.4) is 0 Å². The third-order valence-electron chi connectivity index (χ3n) is 4.07. The maximum absolute atomic E-state index is 12.3. The standard InChI is InChI=1S/C15H22ClN3O/c1-10(11-6-4-3-5-7-11)19-15(20)12-8-14(17-2)18-9-13(12)16/h8-11H,3-7H2,1-2H3,(H,17,18)(H,19,20). The van der Waals surface area contributed by atoms with E-state index in [2.05, 4.69) is 22.5 Å². The van der Waals surface area contributed by atoms with Gasteiger partial charge >= 0.3 is 0 Å². The van der Waals surface area contributed by atoms with E-state index in [-0.39, 0.29) is 11.9 Å². The Bertz CT molecular complexity index is 472. The summed E-state index contributed by atoms with van der Waals surface area (Å²) in [6.07, 6.45) is 7.77. The molecule has 1 heterocycles. The molecule has 1 atom stereocenters. The summed E-state index contributed by atoms with van der Waals surface area (Å²) in [5.41, 5.74) is 0.480. The molecule has 1 unspecified atom stereocenters. The minimum Gasteiger partial charge on any atom is -0.373 e. The van der Waals surface area contributed by atoms with Crippen LogP contribution < -0.4 is 10.6 Å². The molecule has 1 aromatic rings. The van der Waals surface area contributed by atoms with Crippen molar-refractivity contribution in [1.29, 1.82) is 0 Å². The fraction of sp³-hybridized carbons (Fsp3) is 0.600. The summed E-state index contributed by atoms with van der Waals surface area (Å²) in [7, 11) is 1.77. The smallest absolute Gasteiger partial charge is 0.253 e. The fourth-order valence-electron chi connectivity index (χ4n) is 2.79. The number of hydrogen-bond acceptors (Lipinski definition) is 3. The number of halogens is 1. The lowest BCUT2D eigenvalue weighted by Gasteiger charge is -2.28. The van der Waals surface area contributed by atoms with Gasteiger partial charge in [0.05, 0.1) is 10.6 Å². The third-order valence-corrected chi connectivity index (χ3v) is 4.37. The van der Waals surface area contributed by atoms with Crippen LogP contribution in [0.1, 0.15) is 49.4 Å². The van der Waals surface area contributed by atoms with Crippen molar-refractivity contribution in [3.8, 4) is 0 Å². The second kappa shape index (κ2) is 6.93. The summed E-state index contributed by atoms with van der Waals surface area (Å²) >= 11 is 6.07. The van der Waals surface area contributed by atoms with Crippen molar-refractivity contribution in [3.05, 3.63) is 22.8 Å². The summed E-state index contributed by atoms with van der Waals surface area (Å²) in [5.74, 6) is 1.11. The van der Waals surface area contributed by atoms with E-state index in [1.54, 1.807) is 13.1 Å². The van der Waals surface area contributed by atoms with Gasteiger partial charge in [-0.25, -0.2) is 4.98 Å². The average Bonchev–Trinajstić information content (AvgIpc) is 2.48. The number of amides is 1. The molecule has 0 bridgehead atoms. The van der Waals surface area contributed by atoms with Crippen LogP contribution in [-0.4, -0.2) is 24.0 Å². The molecule has 1 amide bonds. The van der Waals surface area contributed by atoms with E-state index in [0.717, 1.165) is 0 Å². The first kappa shape index (κ1) is 15.1. The summed E-state index contributed by atoms with van der Waals surface area (Å²) in [6.45, 7) is 2.09. The van der Waals surface area contributed by atoms with E-state index in [1.807, 2.05) is 0 Å². The van der Waals surface area contributed by atoms with Crippen molar-refractivity contribution >= 4 is 23.3 Å². The van der Waals surface area contributed by atoms with Crippen LogP contribution in [-0.2, 0) is 0 Å². The van der Waals surface area contributed by atoms with Crippen molar-refractivity contribution in [2.24, 2.45) is 5.92 Å². The Morgan fingerprint density at radius 1 is 1.40 bits per heavy atom. The fourth-order valence-corrected chi connectivity index (χ4v) is 2.98. The van der Waals surface area contributed by atoms with E-state index < -0.39 is 0 Å². The molecule has 0 aromatic carbocycles. The Morgan fingerprint density at radius 3 is 2.75 bits per heavy atom. The van der Waals surface area contributed by atoms with Gasteiger partial charge in [0, 0.05) is 19.3 Å². The Labute approximate surface area is 125 Å². The molecule has 0 radical (unpaired) electrons. The lowest BCUT2D eigenvalue weighted by molar-refractivity contribution is 0.0919. The predicted octanol–water partition coefficient (Wildman–Crippen LogP) is 3.48. The largest absolute Gasteiger partial charge is 0.373 e. The Kier molecular flexibility index (Phi) is 5.24. The lowest BCUT2D eigenvalue weighted by Crippen LogP contribution is -2.39. The van der Waals surface area contributed by atoms with E-state index in [9.17, 15) is 4.79 Å². The maximum atomic E-state index is 12.3. The van der Waals surface area contributed by atoms with Gasteiger partial charge in [0.15, 0.2) is 0 Å². The molecule has 0 aliphatic heterocycles. The predicted molar refractivity (Wildman–Crippen MR) is 82.3 cm³/mol. The Balaban J connectivity index is 2.03. The van der Waals surface area contributed by atoms with E-state index in [4.69, 9.17) is 11.6 Å². The SMILES string of the molecule is CNc1cc(C(=O)NC(C)C2CCCCC2)c(Cl)cn1. The molecule has 1 aromatic heterocycles. The molecular weight excluding hydrogens is 274 g/mol. The monoisotopic (exact) mass is 295 g/mol. The van der Waals surface area contributed by atoms with Crippen LogP contribution in [0.25, 0.3) is 0 Å². The van der Waals surface area contributed by atoms with Gasteiger partial charge in [0.2, 0.25) is 0 Å². The second-order valence-electron chi connectivity index (χ2n) is 5.46. The minimum atomic E-state index is -0.119. The van der Waals surface area contributed by atoms with Gasteiger partial charge in [-0.1, -0.05) is 30.9 Å². The molecule has 1 aliphatic carbocycles. The van der Waals surface area contributed by atoms with Crippen LogP contribution in [0.2, 0.25) is 5.02 Å². The number of nitrogens with one attached hydrogen (secondary N) is 2. The number of nitrogens with zero attached hydrogens (tertiary/aromatic N) is 1. The highest BCUT2D eigenvalue weighted by atomic mass is 35.5. The number of pyridine rings is 1. The molecule has 1 fully saturated rings. The molecule has 0 saturated heterocycles. The van der Waals surface area contributed by atoms with Crippen LogP contribution in [0.4, 0.5) is 5.82 Å². The number of anilines is 1. The molecular formula is C15H22ClN3O. The molecule has 4 nitrogen and oxygen atoms in total. The van der Waals surface area contributed by atoms with Crippen LogP contribution >= 0.6 is 11.6 Å². The summed E-state index contributed by atoms with van der Waals surface area (Å²) < 4.78 is 0. The highest BCUT2D eigenvalue weighted by Crippen LogP contribution is 2.27. The number of carbonyl (C=O) groups excluding carboxylic acids is 1. The van der Waals surface area contributed by atoms with Crippen molar-refractivity contribution in [2.45, 2.75) is 45.1 Å². The van der Waals surface area contributed by atoms with E-state index >= 15 is 0 Å². The zero-order valence-corrected chi connectivity index (χ0v) is 12.8. The number of carbonyl (C=O) groups is 1. The third kappa shape index (κ3) is 3.63. The minimum absolute atomic E-state index is 0.119. The molecule has 2 rings (SSSR count). The normalized spacial score (nSPS) is 17.6. The van der Waals surface area contributed by atoms with Crippen LogP contribution in [0.5, 0.6) is 0 Å². The van der Waals surface area contributed by atoms with Gasteiger partial charge in [-0.05, 0) is 31.7 Å². The van der Waals surface area contributed by atoms with Crippen molar-refractivity contribution in [3.63, 3.8) is 0 Å². The lowest BCUT2D eigenvalue weighted by atomic mass is 9.84. The van der Waals surface area contributed by atoms with Gasteiger partial charge in [-0.3, -0.25) is 4.79 Å². The van der Waals surface area contributed by atoms with Crippen molar-refractivity contribution in [2.75, 3.05) is 12.4 Å². The van der Waals surface area contributed by atoms with E-state index in [1.165, 1.54) is 38.3 Å². The van der Waals surface area contributed by atoms with Gasteiger partial charge in [-0.2, -0.15) is 0 Å². The molecule has 1 saturated carbocycles. The van der Waals surface area contributed by atoms with Gasteiger partial charge in [0.1, 0.15) is 5.82 Å². The quantitative estimate of drug-likeness (QED) is 0.894. The Hall–Kier alpha value is -1.29. The Morgan fingerprint density at radius 2 is 2.10 bits per heavy atom. The first-order chi connectivity index (χ1) is 9.61. The van der Waals surface area contributed by atoms with Crippen molar-refractivity contribution in [1.82, 2.24) is 10.3 Å². The van der Waals surface area contributed by atoms with E-state index in [0.29, 0.717) is 22.3 Å². The van der Waals surface area contributed by atoms with Crippen LogP contribution in [0, 0.1) is 5.92 Å².